The number of halogens is 2. The van der Waals surface area contributed by atoms with Crippen LogP contribution >= 0.6 is 23.2 Å². The molecule has 1 N–H and O–H groups in total. The number of nitro groups is 1. The monoisotopic (exact) mass is 374 g/mol. The molecule has 0 radical (unpaired) electrons. The molecule has 0 fully saturated rings. The highest BCUT2D eigenvalue weighted by molar-refractivity contribution is 7.90. The van der Waals surface area contributed by atoms with Crippen molar-refractivity contribution in [1.82, 2.24) is 4.72 Å². The van der Waals surface area contributed by atoms with Gasteiger partial charge in [0.1, 0.15) is 0 Å². The lowest BCUT2D eigenvalue weighted by molar-refractivity contribution is -0.384. The van der Waals surface area contributed by atoms with Gasteiger partial charge in [0, 0.05) is 17.2 Å². The Balaban J connectivity index is 2.26. The molecule has 23 heavy (non-hydrogen) atoms. The van der Waals surface area contributed by atoms with E-state index in [2.05, 4.69) is 0 Å². The van der Waals surface area contributed by atoms with Crippen molar-refractivity contribution in [3.8, 4) is 0 Å². The van der Waals surface area contributed by atoms with Crippen LogP contribution in [0.3, 0.4) is 0 Å². The predicted octanol–water partition coefficient (Wildman–Crippen LogP) is 3.02. The minimum atomic E-state index is -4.19. The summed E-state index contributed by atoms with van der Waals surface area (Å²) in [5, 5.41) is 10.8. The van der Waals surface area contributed by atoms with E-state index in [1.165, 1.54) is 18.2 Å². The number of amides is 1. The first kappa shape index (κ1) is 17.2. The third-order valence-electron chi connectivity index (χ3n) is 2.76. The largest absolute Gasteiger partial charge is 0.269 e. The van der Waals surface area contributed by atoms with E-state index < -0.39 is 20.9 Å². The van der Waals surface area contributed by atoms with Gasteiger partial charge in [-0.15, -0.1) is 0 Å². The fourth-order valence-corrected chi connectivity index (χ4v) is 3.12. The molecule has 0 atom stereocenters. The quantitative estimate of drug-likeness (QED) is 0.653. The van der Waals surface area contributed by atoms with Crippen molar-refractivity contribution < 1.29 is 18.1 Å². The number of nitro benzene ring substituents is 1. The van der Waals surface area contributed by atoms with Gasteiger partial charge in [-0.05, 0) is 30.3 Å². The van der Waals surface area contributed by atoms with Crippen molar-refractivity contribution in [1.29, 1.82) is 0 Å². The summed E-state index contributed by atoms with van der Waals surface area (Å²) >= 11 is 11.5. The van der Waals surface area contributed by atoms with E-state index in [4.69, 9.17) is 23.2 Å². The van der Waals surface area contributed by atoms with Crippen LogP contribution in [-0.2, 0) is 10.0 Å². The van der Waals surface area contributed by atoms with Gasteiger partial charge in [0.25, 0.3) is 21.6 Å². The van der Waals surface area contributed by atoms with Crippen LogP contribution < -0.4 is 4.72 Å². The van der Waals surface area contributed by atoms with Gasteiger partial charge in [-0.2, -0.15) is 0 Å². The molecular weight excluding hydrogens is 367 g/mol. The average Bonchev–Trinajstić information content (AvgIpc) is 2.46. The number of hydrogen-bond donors (Lipinski definition) is 1. The number of nitrogens with one attached hydrogen (secondary N) is 1. The lowest BCUT2D eigenvalue weighted by atomic mass is 10.2. The third-order valence-corrected chi connectivity index (χ3v) is 4.66. The third kappa shape index (κ3) is 3.98. The van der Waals surface area contributed by atoms with Crippen LogP contribution in [-0.4, -0.2) is 19.2 Å². The van der Waals surface area contributed by atoms with Crippen LogP contribution in [0.15, 0.2) is 47.4 Å². The van der Waals surface area contributed by atoms with Gasteiger partial charge in [-0.3, -0.25) is 14.9 Å². The van der Waals surface area contributed by atoms with Crippen LogP contribution in [0.1, 0.15) is 10.4 Å². The molecule has 0 saturated carbocycles. The number of hydrogen-bond acceptors (Lipinski definition) is 5. The molecule has 0 saturated heterocycles. The molecule has 1 amide bonds. The Morgan fingerprint density at radius 3 is 2.22 bits per heavy atom. The Kier molecular flexibility index (Phi) is 4.88. The lowest BCUT2D eigenvalue weighted by Gasteiger charge is -2.08. The second-order valence-corrected chi connectivity index (χ2v) is 6.84. The highest BCUT2D eigenvalue weighted by Gasteiger charge is 2.21. The van der Waals surface area contributed by atoms with E-state index in [0.717, 1.165) is 24.3 Å². The highest BCUT2D eigenvalue weighted by Crippen LogP contribution is 2.22. The molecule has 0 aliphatic carbocycles. The van der Waals surface area contributed by atoms with Crippen molar-refractivity contribution in [3.63, 3.8) is 0 Å². The standard InChI is InChI=1S/C13H8Cl2N2O5S/c14-8-1-6-11(12(15)7-8)13(18)16-23(21,22)10-4-2-9(3-5-10)17(19)20/h1-7H,(H,16,18). The number of benzene rings is 2. The second kappa shape index (κ2) is 6.53. The van der Waals surface area contributed by atoms with Gasteiger partial charge < -0.3 is 0 Å². The van der Waals surface area contributed by atoms with E-state index in [9.17, 15) is 23.3 Å². The summed E-state index contributed by atoms with van der Waals surface area (Å²) in [6.07, 6.45) is 0. The first-order valence-corrected chi connectivity index (χ1v) is 8.21. The van der Waals surface area contributed by atoms with Gasteiger partial charge in [-0.1, -0.05) is 23.2 Å². The zero-order chi connectivity index (χ0) is 17.2. The number of nitrogens with zero attached hydrogens (tertiary/aromatic N) is 1. The Labute approximate surface area is 141 Å². The van der Waals surface area contributed by atoms with Gasteiger partial charge in [0.15, 0.2) is 0 Å². The van der Waals surface area contributed by atoms with Crippen molar-refractivity contribution in [2.75, 3.05) is 0 Å². The van der Waals surface area contributed by atoms with Gasteiger partial charge in [0.2, 0.25) is 0 Å². The Hall–Kier alpha value is -2.16. The van der Waals surface area contributed by atoms with Gasteiger partial charge >= 0.3 is 0 Å². The Morgan fingerprint density at radius 2 is 1.70 bits per heavy atom. The van der Waals surface area contributed by atoms with Crippen LogP contribution in [0.25, 0.3) is 0 Å². The topological polar surface area (TPSA) is 106 Å². The fourth-order valence-electron chi connectivity index (χ4n) is 1.66. The summed E-state index contributed by atoms with van der Waals surface area (Å²) < 4.78 is 26.0. The van der Waals surface area contributed by atoms with Gasteiger partial charge in [0.05, 0.1) is 20.4 Å². The maximum absolute atomic E-state index is 12.1. The number of non-ortho nitro benzene ring substituents is 1. The summed E-state index contributed by atoms with van der Waals surface area (Å²) in [5.41, 5.74) is -0.336. The summed E-state index contributed by atoms with van der Waals surface area (Å²) in [5.74, 6) is -0.940. The summed E-state index contributed by atoms with van der Waals surface area (Å²) in [6.45, 7) is 0. The molecule has 2 aromatic carbocycles. The van der Waals surface area contributed by atoms with Crippen molar-refractivity contribution in [2.45, 2.75) is 4.90 Å². The normalized spacial score (nSPS) is 11.0. The molecule has 10 heteroatoms. The smallest absolute Gasteiger partial charge is 0.268 e. The van der Waals surface area contributed by atoms with Crippen molar-refractivity contribution >= 4 is 44.8 Å². The number of carbonyl (C=O) groups is 1. The molecule has 0 spiro atoms. The van der Waals surface area contributed by atoms with E-state index >= 15 is 0 Å². The summed E-state index contributed by atoms with van der Waals surface area (Å²) in [7, 11) is -4.19. The fraction of sp³-hybridized carbons (Fsp3) is 0. The summed E-state index contributed by atoms with van der Waals surface area (Å²) in [4.78, 5) is 21.6. The van der Waals surface area contributed by atoms with Crippen LogP contribution in [0.5, 0.6) is 0 Å². The van der Waals surface area contributed by atoms with E-state index in [1.54, 1.807) is 0 Å². The minimum Gasteiger partial charge on any atom is -0.268 e. The van der Waals surface area contributed by atoms with Crippen molar-refractivity contribution in [2.24, 2.45) is 0 Å². The van der Waals surface area contributed by atoms with Crippen LogP contribution in [0, 0.1) is 10.1 Å². The molecule has 0 bridgehead atoms. The number of sulfonamides is 1. The maximum atomic E-state index is 12.1. The van der Waals surface area contributed by atoms with E-state index in [0.29, 0.717) is 5.02 Å². The average molecular weight is 375 g/mol. The molecule has 7 nitrogen and oxygen atoms in total. The minimum absolute atomic E-state index is 0.00565. The van der Waals surface area contributed by atoms with E-state index in [-0.39, 0.29) is 21.2 Å². The first-order chi connectivity index (χ1) is 10.7. The second-order valence-electron chi connectivity index (χ2n) is 4.31. The zero-order valence-corrected chi connectivity index (χ0v) is 13.5. The molecule has 0 aliphatic heterocycles. The molecule has 0 aromatic heterocycles. The SMILES string of the molecule is O=C(NS(=O)(=O)c1ccc([N+](=O)[O-])cc1)c1ccc(Cl)cc1Cl. The lowest BCUT2D eigenvalue weighted by Crippen LogP contribution is -2.30. The van der Waals surface area contributed by atoms with Crippen LogP contribution in [0.4, 0.5) is 5.69 Å². The number of rotatable bonds is 4. The summed E-state index contributed by atoms with van der Waals surface area (Å²) in [6, 6.07) is 8.07. The first-order valence-electron chi connectivity index (χ1n) is 5.97. The predicted molar refractivity (Wildman–Crippen MR) is 84.2 cm³/mol. The zero-order valence-electron chi connectivity index (χ0n) is 11.2. The molecule has 120 valence electrons. The Bertz CT molecular complexity index is 882. The highest BCUT2D eigenvalue weighted by atomic mass is 35.5. The van der Waals surface area contributed by atoms with Gasteiger partial charge in [-0.25, -0.2) is 13.1 Å². The number of carbonyl (C=O) groups excluding carboxylic acids is 1. The van der Waals surface area contributed by atoms with Crippen molar-refractivity contribution in [3.05, 3.63) is 68.2 Å². The maximum Gasteiger partial charge on any atom is 0.269 e. The Morgan fingerprint density at radius 1 is 1.09 bits per heavy atom. The molecule has 2 aromatic rings. The van der Waals surface area contributed by atoms with E-state index in [1.807, 2.05) is 4.72 Å². The van der Waals surface area contributed by atoms with Crippen LogP contribution in [0.2, 0.25) is 10.0 Å². The molecular formula is C13H8Cl2N2O5S. The molecule has 2 rings (SSSR count). The molecule has 0 aliphatic rings. The molecule has 0 heterocycles. The molecule has 0 unspecified atom stereocenters.